The summed E-state index contributed by atoms with van der Waals surface area (Å²) in [5, 5.41) is 34.3. The summed E-state index contributed by atoms with van der Waals surface area (Å²) in [6, 6.07) is -4.98. The monoisotopic (exact) mass is 517 g/mol. The van der Waals surface area contributed by atoms with Gasteiger partial charge in [-0.25, -0.2) is 4.79 Å². The average molecular weight is 518 g/mol. The first kappa shape index (κ1) is 32.7. The molecule has 0 aliphatic carbocycles. The second-order valence-electron chi connectivity index (χ2n) is 8.59. The van der Waals surface area contributed by atoms with Crippen molar-refractivity contribution in [2.24, 2.45) is 17.4 Å². The van der Waals surface area contributed by atoms with Crippen LogP contribution in [0.2, 0.25) is 0 Å². The lowest BCUT2D eigenvalue weighted by Crippen LogP contribution is -2.58. The fourth-order valence-corrected chi connectivity index (χ4v) is 3.20. The third kappa shape index (κ3) is 13.0. The van der Waals surface area contributed by atoms with Crippen molar-refractivity contribution in [1.82, 2.24) is 16.0 Å². The third-order valence-corrected chi connectivity index (χ3v) is 5.64. The highest BCUT2D eigenvalue weighted by atomic mass is 16.4. The minimum Gasteiger partial charge on any atom is -0.481 e. The number of hydrogen-bond donors (Lipinski definition) is 8. The smallest absolute Gasteiger partial charge is 0.326 e. The van der Waals surface area contributed by atoms with Crippen LogP contribution in [0.25, 0.3) is 0 Å². The molecule has 0 saturated heterocycles. The molecule has 0 aliphatic rings. The molecule has 0 saturated carbocycles. The van der Waals surface area contributed by atoms with Gasteiger partial charge in [0.25, 0.3) is 0 Å². The number of nitrogens with two attached hydrogens (primary N) is 2. The third-order valence-electron chi connectivity index (χ3n) is 5.64. The Labute approximate surface area is 209 Å². The van der Waals surface area contributed by atoms with Crippen molar-refractivity contribution >= 4 is 35.6 Å². The second kappa shape index (κ2) is 17.2. The summed E-state index contributed by atoms with van der Waals surface area (Å²) in [4.78, 5) is 71.6. The first-order chi connectivity index (χ1) is 16.8. The van der Waals surface area contributed by atoms with E-state index in [4.69, 9.17) is 21.7 Å². The summed E-state index contributed by atoms with van der Waals surface area (Å²) in [6.45, 7) is 3.80. The fraction of sp³-hybridized carbons (Fsp3) is 0.727. The summed E-state index contributed by atoms with van der Waals surface area (Å²) in [7, 11) is 0. The summed E-state index contributed by atoms with van der Waals surface area (Å²) in [5.74, 6) is -6.70. The minimum atomic E-state index is -1.49. The highest BCUT2D eigenvalue weighted by Gasteiger charge is 2.33. The van der Waals surface area contributed by atoms with Crippen LogP contribution in [0, 0.1) is 5.92 Å². The number of hydrogen-bond acceptors (Lipinski definition) is 8. The van der Waals surface area contributed by atoms with Gasteiger partial charge >= 0.3 is 17.9 Å². The maximum atomic E-state index is 13.0. The second-order valence-corrected chi connectivity index (χ2v) is 8.59. The zero-order chi connectivity index (χ0) is 27.8. The fourth-order valence-electron chi connectivity index (χ4n) is 3.20. The van der Waals surface area contributed by atoms with E-state index in [-0.39, 0.29) is 12.8 Å². The van der Waals surface area contributed by atoms with E-state index in [2.05, 4.69) is 16.0 Å². The van der Waals surface area contributed by atoms with Crippen LogP contribution in [0.15, 0.2) is 0 Å². The van der Waals surface area contributed by atoms with Crippen molar-refractivity contribution in [2.45, 2.75) is 89.4 Å². The van der Waals surface area contributed by atoms with Crippen molar-refractivity contribution in [2.75, 3.05) is 6.54 Å². The minimum absolute atomic E-state index is 0.270. The molecular formula is C22H39N5O9. The molecule has 5 unspecified atom stereocenters. The van der Waals surface area contributed by atoms with Crippen LogP contribution in [0.5, 0.6) is 0 Å². The van der Waals surface area contributed by atoms with E-state index in [0.29, 0.717) is 32.2 Å². The Bertz CT molecular complexity index is 777. The van der Waals surface area contributed by atoms with Crippen LogP contribution < -0.4 is 27.4 Å². The van der Waals surface area contributed by atoms with Gasteiger partial charge in [-0.05, 0) is 38.1 Å². The van der Waals surface area contributed by atoms with Gasteiger partial charge in [-0.3, -0.25) is 24.0 Å². The Kier molecular flexibility index (Phi) is 15.7. The van der Waals surface area contributed by atoms with Gasteiger partial charge in [-0.15, -0.1) is 0 Å². The maximum absolute atomic E-state index is 13.0. The molecule has 14 heteroatoms. The number of rotatable bonds is 19. The highest BCUT2D eigenvalue weighted by molar-refractivity contribution is 5.94. The highest BCUT2D eigenvalue weighted by Crippen LogP contribution is 2.11. The summed E-state index contributed by atoms with van der Waals surface area (Å²) < 4.78 is 0. The van der Waals surface area contributed by atoms with E-state index in [1.807, 2.05) is 0 Å². The van der Waals surface area contributed by atoms with Crippen LogP contribution >= 0.6 is 0 Å². The molecule has 0 aromatic rings. The van der Waals surface area contributed by atoms with Crippen molar-refractivity contribution in [3.8, 4) is 0 Å². The van der Waals surface area contributed by atoms with Crippen LogP contribution in [-0.2, 0) is 28.8 Å². The van der Waals surface area contributed by atoms with Gasteiger partial charge in [0.1, 0.15) is 18.1 Å². The van der Waals surface area contributed by atoms with Crippen molar-refractivity contribution < 1.29 is 44.1 Å². The Morgan fingerprint density at radius 2 is 1.28 bits per heavy atom. The molecule has 0 spiro atoms. The number of carboxylic acids is 3. The van der Waals surface area contributed by atoms with E-state index in [9.17, 15) is 33.9 Å². The number of aliphatic carboxylic acids is 3. The van der Waals surface area contributed by atoms with Gasteiger partial charge in [0.15, 0.2) is 0 Å². The lowest BCUT2D eigenvalue weighted by atomic mass is 9.96. The predicted molar refractivity (Wildman–Crippen MR) is 128 cm³/mol. The van der Waals surface area contributed by atoms with Crippen molar-refractivity contribution in [1.29, 1.82) is 0 Å². The summed E-state index contributed by atoms with van der Waals surface area (Å²) in [6.07, 6.45) is 0.373. The molecule has 5 atom stereocenters. The Morgan fingerprint density at radius 3 is 1.75 bits per heavy atom. The summed E-state index contributed by atoms with van der Waals surface area (Å²) in [5.41, 5.74) is 11.3. The van der Waals surface area contributed by atoms with Gasteiger partial charge in [-0.1, -0.05) is 26.7 Å². The van der Waals surface area contributed by atoms with E-state index in [0.717, 1.165) is 0 Å². The number of nitrogens with one attached hydrogen (secondary N) is 3. The molecule has 14 nitrogen and oxygen atoms in total. The zero-order valence-corrected chi connectivity index (χ0v) is 20.7. The van der Waals surface area contributed by atoms with Crippen LogP contribution in [-0.4, -0.2) is 81.7 Å². The summed E-state index contributed by atoms with van der Waals surface area (Å²) >= 11 is 0. The lowest BCUT2D eigenvalue weighted by molar-refractivity contribution is -0.143. The van der Waals surface area contributed by atoms with E-state index >= 15 is 0 Å². The maximum Gasteiger partial charge on any atom is 0.326 e. The molecule has 0 rings (SSSR count). The number of carbonyl (C=O) groups is 6. The number of carboxylic acid groups (broad SMARTS) is 3. The molecule has 36 heavy (non-hydrogen) atoms. The van der Waals surface area contributed by atoms with Gasteiger partial charge in [-0.2, -0.15) is 0 Å². The SMILES string of the molecule is CCC(C)C(NC(=O)C(CCC(=O)O)NC(=O)C(N)CCCCN)C(=O)NC(CCC(=O)O)C(=O)O. The predicted octanol–water partition coefficient (Wildman–Crippen LogP) is -1.24. The van der Waals surface area contributed by atoms with E-state index in [1.54, 1.807) is 13.8 Å². The molecule has 0 aliphatic heterocycles. The van der Waals surface area contributed by atoms with Gasteiger partial charge in [0, 0.05) is 12.8 Å². The standard InChI is InChI=1S/C22H39N5O9/c1-3-12(2)18(21(34)26-15(22(35)36)8-10-17(30)31)27-20(33)14(7-9-16(28)29)25-19(32)13(24)6-4-5-11-23/h12-15,18H,3-11,23-24H2,1-2H3,(H,25,32)(H,26,34)(H,27,33)(H,28,29)(H,30,31)(H,35,36). The zero-order valence-electron chi connectivity index (χ0n) is 20.7. The quantitative estimate of drug-likeness (QED) is 0.0940. The Balaban J connectivity index is 5.55. The molecule has 3 amide bonds. The molecule has 0 fully saturated rings. The molecule has 0 aromatic heterocycles. The first-order valence-corrected chi connectivity index (χ1v) is 11.9. The Morgan fingerprint density at radius 1 is 0.750 bits per heavy atom. The van der Waals surface area contributed by atoms with Crippen LogP contribution in [0.1, 0.15) is 65.2 Å². The molecule has 0 radical (unpaired) electrons. The molecule has 206 valence electrons. The molecule has 0 heterocycles. The molecular weight excluding hydrogens is 478 g/mol. The lowest BCUT2D eigenvalue weighted by Gasteiger charge is -2.28. The number of carbonyl (C=O) groups excluding carboxylic acids is 3. The van der Waals surface area contributed by atoms with E-state index < -0.39 is 78.6 Å². The first-order valence-electron chi connectivity index (χ1n) is 11.9. The molecule has 10 N–H and O–H groups in total. The molecule has 0 aromatic carbocycles. The van der Waals surface area contributed by atoms with E-state index in [1.165, 1.54) is 0 Å². The molecule has 0 bridgehead atoms. The normalized spacial score (nSPS) is 15.0. The van der Waals surface area contributed by atoms with Crippen molar-refractivity contribution in [3.05, 3.63) is 0 Å². The van der Waals surface area contributed by atoms with Crippen molar-refractivity contribution in [3.63, 3.8) is 0 Å². The Hall–Kier alpha value is -3.26. The van der Waals surface area contributed by atoms with Crippen LogP contribution in [0.3, 0.4) is 0 Å². The average Bonchev–Trinajstić information content (AvgIpc) is 2.81. The largest absolute Gasteiger partial charge is 0.481 e. The van der Waals surface area contributed by atoms with Crippen LogP contribution in [0.4, 0.5) is 0 Å². The van der Waals surface area contributed by atoms with Gasteiger partial charge < -0.3 is 42.7 Å². The topological polar surface area (TPSA) is 251 Å². The van der Waals surface area contributed by atoms with Gasteiger partial charge in [0.05, 0.1) is 6.04 Å². The number of amides is 3. The van der Waals surface area contributed by atoms with Gasteiger partial charge in [0.2, 0.25) is 17.7 Å². The number of unbranched alkanes of at least 4 members (excludes halogenated alkanes) is 1.